The van der Waals surface area contributed by atoms with E-state index >= 15 is 0 Å². The molecule has 0 aliphatic rings. The molecule has 3 heterocycles. The second-order valence-electron chi connectivity index (χ2n) is 5.25. The molecule has 3 rings (SSSR count). The van der Waals surface area contributed by atoms with Crippen molar-refractivity contribution in [3.05, 3.63) is 40.4 Å². The lowest BCUT2D eigenvalue weighted by Gasteiger charge is -2.04. The van der Waals surface area contributed by atoms with Gasteiger partial charge in [-0.3, -0.25) is 9.20 Å². The lowest BCUT2D eigenvalue weighted by atomic mass is 10.2. The molecule has 0 N–H and O–H groups in total. The lowest BCUT2D eigenvalue weighted by Crippen LogP contribution is -2.19. The van der Waals surface area contributed by atoms with Crippen LogP contribution in [0, 0.1) is 6.92 Å². The summed E-state index contributed by atoms with van der Waals surface area (Å²) in [5.74, 6) is 0.326. The van der Waals surface area contributed by atoms with Gasteiger partial charge in [0.15, 0.2) is 0 Å². The maximum absolute atomic E-state index is 12.6. The van der Waals surface area contributed by atoms with Gasteiger partial charge in [0.05, 0.1) is 6.54 Å². The van der Waals surface area contributed by atoms with Crippen LogP contribution in [0.25, 0.3) is 17.0 Å². The highest BCUT2D eigenvalue weighted by atomic mass is 16.1. The summed E-state index contributed by atoms with van der Waals surface area (Å²) in [5, 5.41) is 12.3. The maximum Gasteiger partial charge on any atom is 0.269 e. The fourth-order valence-corrected chi connectivity index (χ4v) is 2.38. The molecule has 0 aromatic carbocycles. The molecular formula is C15H18N6O. The highest BCUT2D eigenvalue weighted by molar-refractivity contribution is 5.54. The van der Waals surface area contributed by atoms with E-state index in [0.717, 1.165) is 25.0 Å². The zero-order valence-electron chi connectivity index (χ0n) is 12.7. The van der Waals surface area contributed by atoms with Gasteiger partial charge in [-0.15, -0.1) is 10.2 Å². The number of hydrogen-bond donors (Lipinski definition) is 0. The molecule has 0 aliphatic carbocycles. The van der Waals surface area contributed by atoms with Crippen molar-refractivity contribution < 1.29 is 0 Å². The van der Waals surface area contributed by atoms with Crippen molar-refractivity contribution in [1.29, 1.82) is 0 Å². The number of aryl methyl sites for hydroxylation is 2. The smallest absolute Gasteiger partial charge is 0.268 e. The van der Waals surface area contributed by atoms with Crippen LogP contribution in [-0.2, 0) is 6.54 Å². The van der Waals surface area contributed by atoms with Crippen molar-refractivity contribution in [2.24, 2.45) is 0 Å². The summed E-state index contributed by atoms with van der Waals surface area (Å²) in [6, 6.07) is 5.54. The molecule has 22 heavy (non-hydrogen) atoms. The van der Waals surface area contributed by atoms with Crippen molar-refractivity contribution in [3.8, 4) is 11.4 Å². The predicted molar refractivity (Wildman–Crippen MR) is 82.5 cm³/mol. The first-order chi connectivity index (χ1) is 10.7. The topological polar surface area (TPSA) is 78.0 Å². The van der Waals surface area contributed by atoms with Crippen LogP contribution in [0.5, 0.6) is 0 Å². The standard InChI is InChI=1S/C15H18N6O/c1-3-4-5-9-20-18-14(17-19-20)12-10-16-13-8-6-7-11(2)21(13)15(12)22/h6-8,10H,3-5,9H2,1-2H3. The number of fused-ring (bicyclic) bond motifs is 1. The third-order valence-corrected chi connectivity index (χ3v) is 3.58. The van der Waals surface area contributed by atoms with Crippen molar-refractivity contribution >= 4 is 5.65 Å². The normalized spacial score (nSPS) is 11.2. The molecule has 7 nitrogen and oxygen atoms in total. The summed E-state index contributed by atoms with van der Waals surface area (Å²) >= 11 is 0. The van der Waals surface area contributed by atoms with Gasteiger partial charge in [-0.05, 0) is 30.7 Å². The van der Waals surface area contributed by atoms with Crippen LogP contribution in [0.3, 0.4) is 0 Å². The van der Waals surface area contributed by atoms with Crippen LogP contribution >= 0.6 is 0 Å². The molecule has 0 spiro atoms. The predicted octanol–water partition coefficient (Wildman–Crippen LogP) is 1.85. The Morgan fingerprint density at radius 2 is 2.09 bits per heavy atom. The van der Waals surface area contributed by atoms with Crippen LogP contribution in [0.2, 0.25) is 0 Å². The molecule has 3 aromatic rings. The van der Waals surface area contributed by atoms with E-state index in [2.05, 4.69) is 27.3 Å². The van der Waals surface area contributed by atoms with E-state index in [-0.39, 0.29) is 5.56 Å². The van der Waals surface area contributed by atoms with E-state index in [4.69, 9.17) is 0 Å². The molecule has 0 amide bonds. The molecule has 3 aromatic heterocycles. The minimum absolute atomic E-state index is 0.170. The van der Waals surface area contributed by atoms with Crippen LogP contribution in [0.4, 0.5) is 0 Å². The zero-order chi connectivity index (χ0) is 15.5. The van der Waals surface area contributed by atoms with E-state index in [0.29, 0.717) is 23.6 Å². The second kappa shape index (κ2) is 6.05. The third kappa shape index (κ3) is 2.61. The van der Waals surface area contributed by atoms with E-state index in [1.54, 1.807) is 10.5 Å². The average Bonchev–Trinajstić information content (AvgIpc) is 2.96. The summed E-state index contributed by atoms with van der Waals surface area (Å²) in [5.41, 5.74) is 1.64. The van der Waals surface area contributed by atoms with Crippen LogP contribution in [-0.4, -0.2) is 29.6 Å². The van der Waals surface area contributed by atoms with E-state index in [1.807, 2.05) is 19.1 Å². The number of pyridine rings is 1. The Hall–Kier alpha value is -2.57. The van der Waals surface area contributed by atoms with Crippen molar-refractivity contribution in [3.63, 3.8) is 0 Å². The second-order valence-corrected chi connectivity index (χ2v) is 5.25. The molecule has 0 unspecified atom stereocenters. The van der Waals surface area contributed by atoms with E-state index in [9.17, 15) is 4.79 Å². The van der Waals surface area contributed by atoms with Gasteiger partial charge in [0.1, 0.15) is 11.2 Å². The Balaban J connectivity index is 1.99. The Morgan fingerprint density at radius 3 is 2.91 bits per heavy atom. The average molecular weight is 298 g/mol. The van der Waals surface area contributed by atoms with Gasteiger partial charge >= 0.3 is 0 Å². The van der Waals surface area contributed by atoms with Gasteiger partial charge < -0.3 is 0 Å². The summed E-state index contributed by atoms with van der Waals surface area (Å²) in [6.45, 7) is 4.72. The van der Waals surface area contributed by atoms with Crippen molar-refractivity contribution in [2.75, 3.05) is 0 Å². The number of tetrazole rings is 1. The Bertz CT molecular complexity index is 851. The third-order valence-electron chi connectivity index (χ3n) is 3.58. The van der Waals surface area contributed by atoms with Crippen LogP contribution in [0.1, 0.15) is 31.9 Å². The molecule has 114 valence electrons. The molecule has 0 saturated heterocycles. The minimum atomic E-state index is -0.170. The first-order valence-corrected chi connectivity index (χ1v) is 7.46. The number of hydrogen-bond acceptors (Lipinski definition) is 5. The molecule has 0 atom stereocenters. The van der Waals surface area contributed by atoms with Crippen molar-refractivity contribution in [1.82, 2.24) is 29.6 Å². The molecule has 7 heteroatoms. The van der Waals surface area contributed by atoms with E-state index in [1.165, 1.54) is 11.0 Å². The minimum Gasteiger partial charge on any atom is -0.268 e. The summed E-state index contributed by atoms with van der Waals surface area (Å²) in [4.78, 5) is 18.5. The number of nitrogens with zero attached hydrogens (tertiary/aromatic N) is 6. The van der Waals surface area contributed by atoms with Crippen molar-refractivity contribution in [2.45, 2.75) is 39.7 Å². The zero-order valence-corrected chi connectivity index (χ0v) is 12.7. The SMILES string of the molecule is CCCCCn1nnc(-c2cnc3cccc(C)n3c2=O)n1. The lowest BCUT2D eigenvalue weighted by molar-refractivity contribution is 0.486. The number of unbranched alkanes of at least 4 members (excludes halogenated alkanes) is 2. The van der Waals surface area contributed by atoms with Crippen LogP contribution < -0.4 is 5.56 Å². The fraction of sp³-hybridized carbons (Fsp3) is 0.400. The first-order valence-electron chi connectivity index (χ1n) is 7.46. The Labute approximate surface area is 127 Å². The molecule has 0 radical (unpaired) electrons. The largest absolute Gasteiger partial charge is 0.269 e. The molecule has 0 bridgehead atoms. The summed E-state index contributed by atoms with van der Waals surface area (Å²) in [7, 11) is 0. The summed E-state index contributed by atoms with van der Waals surface area (Å²) < 4.78 is 1.56. The van der Waals surface area contributed by atoms with Gasteiger partial charge in [-0.1, -0.05) is 25.8 Å². The molecular weight excluding hydrogens is 280 g/mol. The van der Waals surface area contributed by atoms with Gasteiger partial charge in [-0.2, -0.15) is 4.80 Å². The number of aromatic nitrogens is 6. The summed E-state index contributed by atoms with van der Waals surface area (Å²) in [6.07, 6.45) is 4.78. The molecule has 0 aliphatic heterocycles. The highest BCUT2D eigenvalue weighted by Crippen LogP contribution is 2.10. The molecule has 0 fully saturated rings. The monoisotopic (exact) mass is 298 g/mol. The van der Waals surface area contributed by atoms with Gasteiger partial charge in [-0.25, -0.2) is 4.98 Å². The van der Waals surface area contributed by atoms with Gasteiger partial charge in [0.25, 0.3) is 5.56 Å². The quantitative estimate of drug-likeness (QED) is 0.672. The van der Waals surface area contributed by atoms with Gasteiger partial charge in [0.2, 0.25) is 5.82 Å². The maximum atomic E-state index is 12.6. The fourth-order valence-electron chi connectivity index (χ4n) is 2.38. The van der Waals surface area contributed by atoms with Gasteiger partial charge in [0, 0.05) is 11.9 Å². The van der Waals surface area contributed by atoms with Crippen LogP contribution in [0.15, 0.2) is 29.2 Å². The Kier molecular flexibility index (Phi) is 3.95. The molecule has 0 saturated carbocycles. The highest BCUT2D eigenvalue weighted by Gasteiger charge is 2.13. The van der Waals surface area contributed by atoms with E-state index < -0.39 is 0 Å². The Morgan fingerprint density at radius 1 is 1.23 bits per heavy atom. The first kappa shape index (κ1) is 14.4. The number of rotatable bonds is 5.